The van der Waals surface area contributed by atoms with E-state index in [9.17, 15) is 24.0 Å². The Kier molecular flexibility index (Phi) is 8.06. The first-order valence-electron chi connectivity index (χ1n) is 12.9. The topological polar surface area (TPSA) is 101 Å². The molecule has 3 aromatic carbocycles. The van der Waals surface area contributed by atoms with Crippen molar-refractivity contribution in [3.05, 3.63) is 111 Å². The molecule has 2 atom stereocenters. The van der Waals surface area contributed by atoms with Crippen LogP contribution < -0.4 is 4.74 Å². The minimum atomic E-state index is -0.794. The van der Waals surface area contributed by atoms with Gasteiger partial charge < -0.3 is 4.74 Å². The molecule has 0 N–H and O–H groups in total. The molecular weight excluding hydrogens is 567 g/mol. The first-order chi connectivity index (χ1) is 19.6. The fourth-order valence-corrected chi connectivity index (χ4v) is 5.34. The van der Waals surface area contributed by atoms with Gasteiger partial charge in [-0.3, -0.25) is 19.2 Å². The normalized spacial score (nSPS) is 17.8. The Morgan fingerprint density at radius 3 is 2.02 bits per heavy atom. The maximum absolute atomic E-state index is 13.7. The van der Waals surface area contributed by atoms with Gasteiger partial charge in [0.2, 0.25) is 0 Å². The number of fused-ring (bicyclic) bond motifs is 1. The molecule has 1 aliphatic heterocycles. The zero-order chi connectivity index (χ0) is 29.3. The van der Waals surface area contributed by atoms with Crippen molar-refractivity contribution in [3.63, 3.8) is 0 Å². The second-order valence-corrected chi connectivity index (χ2v) is 10.7. The van der Waals surface area contributed by atoms with E-state index < -0.39 is 47.9 Å². The van der Waals surface area contributed by atoms with Crippen molar-refractivity contribution in [2.24, 2.45) is 11.8 Å². The number of halogens is 2. The minimum absolute atomic E-state index is 0.0119. The fraction of sp³-hybridized carbons (Fsp3) is 0.194. The summed E-state index contributed by atoms with van der Waals surface area (Å²) < 4.78 is 5.39. The number of amides is 3. The van der Waals surface area contributed by atoms with Crippen LogP contribution in [0.4, 0.5) is 0 Å². The molecule has 10 heteroatoms. The van der Waals surface area contributed by atoms with E-state index in [1.165, 1.54) is 42.5 Å². The van der Waals surface area contributed by atoms with E-state index in [4.69, 9.17) is 27.9 Å². The van der Waals surface area contributed by atoms with Crippen molar-refractivity contribution in [1.82, 2.24) is 10.0 Å². The van der Waals surface area contributed by atoms with Crippen LogP contribution >= 0.6 is 23.2 Å². The van der Waals surface area contributed by atoms with Gasteiger partial charge in [0.25, 0.3) is 17.7 Å². The van der Waals surface area contributed by atoms with E-state index in [1.807, 2.05) is 19.1 Å². The number of Topliss-reactive ketones (excluding diaryl/α,β-unsaturated/α-hetero) is 1. The highest BCUT2D eigenvalue weighted by atomic mass is 35.5. The Morgan fingerprint density at radius 2 is 1.44 bits per heavy atom. The summed E-state index contributed by atoms with van der Waals surface area (Å²) in [7, 11) is 0. The second kappa shape index (κ2) is 11.7. The number of benzene rings is 3. The summed E-state index contributed by atoms with van der Waals surface area (Å²) in [6, 6.07) is 16.9. The lowest BCUT2D eigenvalue weighted by Crippen LogP contribution is -2.52. The second-order valence-electron chi connectivity index (χ2n) is 9.83. The lowest BCUT2D eigenvalue weighted by molar-refractivity contribution is -0.154. The highest BCUT2D eigenvalue weighted by Gasteiger charge is 2.51. The zero-order valence-electron chi connectivity index (χ0n) is 21.9. The number of carbonyl (C=O) groups is 5. The van der Waals surface area contributed by atoms with Crippen LogP contribution in [-0.2, 0) is 9.59 Å². The van der Waals surface area contributed by atoms with Gasteiger partial charge in [0.1, 0.15) is 12.3 Å². The molecule has 0 unspecified atom stereocenters. The first-order valence-corrected chi connectivity index (χ1v) is 13.6. The SMILES string of the molecule is Cc1ccc(C(=O)Oc2ccc(C(=O)CN(C(=O)c3ccc(Cl)cc3Cl)N3C(=O)[C@H]4CC=CC[C@@H]4C3=O)cc2)cc1. The third-order valence-corrected chi connectivity index (χ3v) is 7.64. The quantitative estimate of drug-likeness (QED) is 0.115. The number of imide groups is 1. The molecular formula is C31H24Cl2N2O6. The molecule has 1 fully saturated rings. The molecule has 0 aromatic heterocycles. The van der Waals surface area contributed by atoms with Crippen molar-refractivity contribution < 1.29 is 28.7 Å². The van der Waals surface area contributed by atoms with Crippen LogP contribution in [0.2, 0.25) is 10.0 Å². The number of carbonyl (C=O) groups excluding carboxylic acids is 5. The number of hydrogen-bond acceptors (Lipinski definition) is 6. The fourth-order valence-electron chi connectivity index (χ4n) is 4.85. The Labute approximate surface area is 246 Å². The highest BCUT2D eigenvalue weighted by molar-refractivity contribution is 6.36. The molecule has 5 rings (SSSR count). The van der Waals surface area contributed by atoms with Crippen LogP contribution in [0.15, 0.2) is 78.9 Å². The molecule has 1 saturated heterocycles. The van der Waals surface area contributed by atoms with E-state index >= 15 is 0 Å². The molecule has 1 aliphatic carbocycles. The van der Waals surface area contributed by atoms with Gasteiger partial charge in [-0.25, -0.2) is 9.80 Å². The summed E-state index contributed by atoms with van der Waals surface area (Å²) >= 11 is 12.3. The number of nitrogens with zero attached hydrogens (tertiary/aromatic N) is 2. The molecule has 0 saturated carbocycles. The van der Waals surface area contributed by atoms with Crippen molar-refractivity contribution in [2.45, 2.75) is 19.8 Å². The summed E-state index contributed by atoms with van der Waals surface area (Å²) in [4.78, 5) is 66.2. The van der Waals surface area contributed by atoms with Gasteiger partial charge in [0.15, 0.2) is 5.78 Å². The lowest BCUT2D eigenvalue weighted by Gasteiger charge is -2.30. The van der Waals surface area contributed by atoms with E-state index in [0.717, 1.165) is 15.6 Å². The first kappa shape index (κ1) is 28.3. The maximum Gasteiger partial charge on any atom is 0.343 e. The number of aryl methyl sites for hydroxylation is 1. The number of hydrogen-bond donors (Lipinski definition) is 0. The number of allylic oxidation sites excluding steroid dienone is 2. The van der Waals surface area contributed by atoms with Crippen LogP contribution in [0, 0.1) is 18.8 Å². The standard InChI is InChI=1S/C31H24Cl2N2O6/c1-18-6-8-20(9-7-18)31(40)41-22-13-10-19(11-14-22)27(36)17-34(28(37)25-15-12-21(32)16-26(25)33)35-29(38)23-4-2-3-5-24(23)30(35)39/h2-3,6-16,23-24H,4-5,17H2,1H3/t23-,24-/m0/s1. The highest BCUT2D eigenvalue weighted by Crippen LogP contribution is 2.36. The molecule has 208 valence electrons. The van der Waals surface area contributed by atoms with Crippen LogP contribution in [0.3, 0.4) is 0 Å². The zero-order valence-corrected chi connectivity index (χ0v) is 23.4. The van der Waals surface area contributed by atoms with Gasteiger partial charge in [0.05, 0.1) is 28.0 Å². The van der Waals surface area contributed by atoms with E-state index in [1.54, 1.807) is 24.3 Å². The van der Waals surface area contributed by atoms with Crippen LogP contribution in [-0.4, -0.2) is 46.0 Å². The molecule has 0 radical (unpaired) electrons. The van der Waals surface area contributed by atoms with Gasteiger partial charge in [0, 0.05) is 10.6 Å². The summed E-state index contributed by atoms with van der Waals surface area (Å²) in [5.41, 5.74) is 1.54. The van der Waals surface area contributed by atoms with Gasteiger partial charge in [-0.1, -0.05) is 53.1 Å². The Hall–Kier alpha value is -4.27. The number of hydrazine groups is 1. The van der Waals surface area contributed by atoms with Crippen LogP contribution in [0.25, 0.3) is 0 Å². The van der Waals surface area contributed by atoms with Crippen molar-refractivity contribution in [3.8, 4) is 5.75 Å². The van der Waals surface area contributed by atoms with E-state index in [-0.39, 0.29) is 21.9 Å². The van der Waals surface area contributed by atoms with E-state index in [0.29, 0.717) is 23.4 Å². The number of ketones is 1. The Morgan fingerprint density at radius 1 is 0.854 bits per heavy atom. The summed E-state index contributed by atoms with van der Waals surface area (Å²) in [5, 5.41) is 1.94. The van der Waals surface area contributed by atoms with Crippen LogP contribution in [0.1, 0.15) is 49.5 Å². The molecule has 3 aromatic rings. The molecule has 41 heavy (non-hydrogen) atoms. The van der Waals surface area contributed by atoms with Crippen LogP contribution in [0.5, 0.6) is 5.75 Å². The largest absolute Gasteiger partial charge is 0.423 e. The molecule has 1 heterocycles. The van der Waals surface area contributed by atoms with Crippen molar-refractivity contribution in [2.75, 3.05) is 6.54 Å². The average Bonchev–Trinajstić information content (AvgIpc) is 3.21. The number of esters is 1. The smallest absolute Gasteiger partial charge is 0.343 e. The summed E-state index contributed by atoms with van der Waals surface area (Å²) in [5.74, 6) is -3.99. The Balaban J connectivity index is 1.38. The van der Waals surface area contributed by atoms with E-state index in [2.05, 4.69) is 0 Å². The van der Waals surface area contributed by atoms with Gasteiger partial charge in [-0.2, -0.15) is 5.01 Å². The lowest BCUT2D eigenvalue weighted by atomic mass is 9.85. The van der Waals surface area contributed by atoms with Gasteiger partial charge >= 0.3 is 5.97 Å². The number of ether oxygens (including phenoxy) is 1. The monoisotopic (exact) mass is 590 g/mol. The third-order valence-electron chi connectivity index (χ3n) is 7.09. The molecule has 8 nitrogen and oxygen atoms in total. The third kappa shape index (κ3) is 5.80. The van der Waals surface area contributed by atoms with Crippen molar-refractivity contribution in [1.29, 1.82) is 0 Å². The average molecular weight is 591 g/mol. The summed E-state index contributed by atoms with van der Waals surface area (Å²) in [6.07, 6.45) is 4.39. The Bertz CT molecular complexity index is 1560. The molecule has 0 spiro atoms. The molecule has 2 aliphatic rings. The van der Waals surface area contributed by atoms with Gasteiger partial charge in [-0.15, -0.1) is 0 Å². The predicted molar refractivity (Wildman–Crippen MR) is 152 cm³/mol. The summed E-state index contributed by atoms with van der Waals surface area (Å²) in [6.45, 7) is 1.30. The van der Waals surface area contributed by atoms with Crippen molar-refractivity contribution >= 4 is 52.7 Å². The molecule has 3 amide bonds. The minimum Gasteiger partial charge on any atom is -0.423 e. The number of rotatable bonds is 7. The maximum atomic E-state index is 13.7. The van der Waals surface area contributed by atoms with Gasteiger partial charge in [-0.05, 0) is 74.4 Å². The predicted octanol–water partition coefficient (Wildman–Crippen LogP) is 5.71. The molecule has 0 bridgehead atoms.